The lowest BCUT2D eigenvalue weighted by Gasteiger charge is -2.35. The molecule has 200 valence electrons. The zero-order chi connectivity index (χ0) is 26.5. The number of hydrogen-bond acceptors (Lipinski definition) is 6. The number of rotatable bonds is 11. The van der Waals surface area contributed by atoms with Gasteiger partial charge in [0.25, 0.3) is 5.56 Å². The van der Waals surface area contributed by atoms with Gasteiger partial charge in [-0.3, -0.25) is 9.69 Å². The molecule has 0 unspecified atom stereocenters. The molecule has 1 aliphatic rings. The zero-order valence-corrected chi connectivity index (χ0v) is 22.6. The average molecular weight is 515 g/mol. The van der Waals surface area contributed by atoms with Crippen molar-refractivity contribution in [1.82, 2.24) is 30.1 Å². The number of benzene rings is 2. The summed E-state index contributed by atoms with van der Waals surface area (Å²) in [4.78, 5) is 18.7. The first-order valence-corrected chi connectivity index (χ1v) is 13.8. The lowest BCUT2D eigenvalue weighted by atomic mass is 9.99. The molecule has 0 saturated carbocycles. The van der Waals surface area contributed by atoms with Crippen LogP contribution in [0.15, 0.2) is 59.4 Å². The van der Waals surface area contributed by atoms with Crippen molar-refractivity contribution >= 4 is 10.9 Å². The standard InChI is InChI=1S/C30H38N6O2/c1-4-22-12-13-27-24(17-22)18-25(30(37)31-27)19-35(20-26-11-8-16-38-26)28(21(2)3)29-32-33-34-36(29)15-14-23-9-6-5-7-10-23/h5-7,9-10,12-13,17-18,21,26,28H,4,8,11,14-16,19-20H2,1-3H3,(H,31,37)/t26-,28-/m0/s1. The number of aromatic nitrogens is 5. The SMILES string of the molecule is CCc1ccc2[nH]c(=O)c(CN(C[C@@H]3CCCO3)[C@H](c3nnnn3CCc3ccccc3)C(C)C)cc2c1. The molecule has 1 aliphatic heterocycles. The van der Waals surface area contributed by atoms with Crippen LogP contribution >= 0.6 is 0 Å². The van der Waals surface area contributed by atoms with Crippen LogP contribution in [0.4, 0.5) is 0 Å². The van der Waals surface area contributed by atoms with Crippen LogP contribution in [0.25, 0.3) is 10.9 Å². The van der Waals surface area contributed by atoms with E-state index >= 15 is 0 Å². The predicted molar refractivity (Wildman–Crippen MR) is 149 cm³/mol. The molecular formula is C30H38N6O2. The Morgan fingerprint density at radius 1 is 1.13 bits per heavy atom. The second-order valence-electron chi connectivity index (χ2n) is 10.6. The molecule has 8 nitrogen and oxygen atoms in total. The number of ether oxygens (including phenoxy) is 1. The smallest absolute Gasteiger partial charge is 0.252 e. The van der Waals surface area contributed by atoms with Crippen molar-refractivity contribution in [3.8, 4) is 0 Å². The summed E-state index contributed by atoms with van der Waals surface area (Å²) >= 11 is 0. The Hall–Kier alpha value is -3.36. The molecule has 0 aliphatic carbocycles. The number of aromatic amines is 1. The fraction of sp³-hybridized carbons (Fsp3) is 0.467. The van der Waals surface area contributed by atoms with Crippen molar-refractivity contribution < 1.29 is 4.74 Å². The van der Waals surface area contributed by atoms with E-state index < -0.39 is 0 Å². The maximum atomic E-state index is 13.2. The predicted octanol–water partition coefficient (Wildman–Crippen LogP) is 4.70. The largest absolute Gasteiger partial charge is 0.377 e. The van der Waals surface area contributed by atoms with Crippen molar-refractivity contribution in [3.05, 3.63) is 87.5 Å². The summed E-state index contributed by atoms with van der Waals surface area (Å²) in [7, 11) is 0. The first-order chi connectivity index (χ1) is 18.5. The highest BCUT2D eigenvalue weighted by Gasteiger charge is 2.32. The Bertz CT molecular complexity index is 1390. The number of aryl methyl sites for hydroxylation is 3. The van der Waals surface area contributed by atoms with Crippen molar-refractivity contribution in [2.45, 2.75) is 71.7 Å². The molecular weight excluding hydrogens is 476 g/mol. The third kappa shape index (κ3) is 6.03. The van der Waals surface area contributed by atoms with E-state index in [1.165, 1.54) is 11.1 Å². The maximum absolute atomic E-state index is 13.2. The summed E-state index contributed by atoms with van der Waals surface area (Å²) in [5.41, 5.74) is 4.07. The molecule has 1 saturated heterocycles. The molecule has 3 heterocycles. The van der Waals surface area contributed by atoms with E-state index in [0.29, 0.717) is 13.1 Å². The topological polar surface area (TPSA) is 88.9 Å². The molecule has 2 aromatic carbocycles. The van der Waals surface area contributed by atoms with Gasteiger partial charge < -0.3 is 9.72 Å². The highest BCUT2D eigenvalue weighted by atomic mass is 16.5. The number of hydrogen-bond donors (Lipinski definition) is 1. The van der Waals surface area contributed by atoms with E-state index in [1.807, 2.05) is 22.9 Å². The first kappa shape index (κ1) is 26.3. The summed E-state index contributed by atoms with van der Waals surface area (Å²) in [6.07, 6.45) is 4.02. The second kappa shape index (κ2) is 12.0. The molecule has 38 heavy (non-hydrogen) atoms. The lowest BCUT2D eigenvalue weighted by molar-refractivity contribution is 0.0384. The molecule has 1 fully saturated rings. The number of fused-ring (bicyclic) bond motifs is 1. The quantitative estimate of drug-likeness (QED) is 0.312. The second-order valence-corrected chi connectivity index (χ2v) is 10.6. The number of tetrazole rings is 1. The van der Waals surface area contributed by atoms with E-state index in [-0.39, 0.29) is 23.6 Å². The van der Waals surface area contributed by atoms with Gasteiger partial charge in [0.05, 0.1) is 12.1 Å². The van der Waals surface area contributed by atoms with Crippen LogP contribution in [0.1, 0.15) is 62.2 Å². The summed E-state index contributed by atoms with van der Waals surface area (Å²) < 4.78 is 7.98. The molecule has 0 bridgehead atoms. The van der Waals surface area contributed by atoms with Gasteiger partial charge in [-0.1, -0.05) is 57.2 Å². The van der Waals surface area contributed by atoms with Crippen molar-refractivity contribution in [1.29, 1.82) is 0 Å². The van der Waals surface area contributed by atoms with Gasteiger partial charge in [-0.25, -0.2) is 4.68 Å². The molecule has 2 aromatic heterocycles. The van der Waals surface area contributed by atoms with Crippen LogP contribution in [-0.4, -0.2) is 49.3 Å². The third-order valence-corrected chi connectivity index (χ3v) is 7.53. The van der Waals surface area contributed by atoms with E-state index in [9.17, 15) is 4.79 Å². The maximum Gasteiger partial charge on any atom is 0.252 e. The average Bonchev–Trinajstić information content (AvgIpc) is 3.60. The fourth-order valence-corrected chi connectivity index (χ4v) is 5.53. The Morgan fingerprint density at radius 2 is 1.97 bits per heavy atom. The van der Waals surface area contributed by atoms with Gasteiger partial charge in [-0.05, 0) is 76.7 Å². The van der Waals surface area contributed by atoms with E-state index in [4.69, 9.17) is 4.74 Å². The van der Waals surface area contributed by atoms with Gasteiger partial charge in [0, 0.05) is 37.3 Å². The Kier molecular flexibility index (Phi) is 8.29. The third-order valence-electron chi connectivity index (χ3n) is 7.53. The summed E-state index contributed by atoms with van der Waals surface area (Å²) in [5.74, 6) is 1.06. The van der Waals surface area contributed by atoms with E-state index in [1.54, 1.807) is 0 Å². The summed E-state index contributed by atoms with van der Waals surface area (Å²) in [6.45, 7) is 9.24. The molecule has 0 amide bonds. The molecule has 5 rings (SSSR count). The molecule has 0 radical (unpaired) electrons. The molecule has 2 atom stereocenters. The van der Waals surface area contributed by atoms with Crippen LogP contribution < -0.4 is 5.56 Å². The van der Waals surface area contributed by atoms with Gasteiger partial charge >= 0.3 is 0 Å². The normalized spacial score (nSPS) is 16.6. The number of nitrogens with zero attached hydrogens (tertiary/aromatic N) is 5. The van der Waals surface area contributed by atoms with Gasteiger partial charge in [-0.2, -0.15) is 0 Å². The Morgan fingerprint density at radius 3 is 2.71 bits per heavy atom. The molecule has 1 N–H and O–H groups in total. The van der Waals surface area contributed by atoms with Crippen LogP contribution in [0.2, 0.25) is 0 Å². The Balaban J connectivity index is 1.47. The minimum absolute atomic E-state index is 0.0507. The van der Waals surface area contributed by atoms with E-state index in [0.717, 1.165) is 61.1 Å². The van der Waals surface area contributed by atoms with Crippen molar-refractivity contribution in [2.24, 2.45) is 5.92 Å². The van der Waals surface area contributed by atoms with Gasteiger partial charge in [0.2, 0.25) is 0 Å². The lowest BCUT2D eigenvalue weighted by Crippen LogP contribution is -2.40. The zero-order valence-electron chi connectivity index (χ0n) is 22.6. The first-order valence-electron chi connectivity index (χ1n) is 13.8. The van der Waals surface area contributed by atoms with Crippen LogP contribution in [0.3, 0.4) is 0 Å². The van der Waals surface area contributed by atoms with Gasteiger partial charge in [-0.15, -0.1) is 5.10 Å². The van der Waals surface area contributed by atoms with Crippen LogP contribution in [-0.2, 0) is 30.7 Å². The number of H-pyrrole nitrogens is 1. The van der Waals surface area contributed by atoms with E-state index in [2.05, 4.69) is 82.6 Å². The monoisotopic (exact) mass is 514 g/mol. The van der Waals surface area contributed by atoms with Gasteiger partial charge in [0.1, 0.15) is 0 Å². The Labute approximate surface area is 224 Å². The van der Waals surface area contributed by atoms with Crippen molar-refractivity contribution in [2.75, 3.05) is 13.2 Å². The van der Waals surface area contributed by atoms with Crippen LogP contribution in [0.5, 0.6) is 0 Å². The molecule has 8 heteroatoms. The minimum Gasteiger partial charge on any atom is -0.377 e. The number of nitrogens with one attached hydrogen (secondary N) is 1. The molecule has 0 spiro atoms. The number of pyridine rings is 1. The summed E-state index contributed by atoms with van der Waals surface area (Å²) in [5, 5.41) is 14.0. The summed E-state index contributed by atoms with van der Waals surface area (Å²) in [6, 6.07) is 18.6. The van der Waals surface area contributed by atoms with Gasteiger partial charge in [0.15, 0.2) is 5.82 Å². The highest BCUT2D eigenvalue weighted by molar-refractivity contribution is 5.79. The van der Waals surface area contributed by atoms with Crippen molar-refractivity contribution in [3.63, 3.8) is 0 Å². The molecule has 4 aromatic rings. The van der Waals surface area contributed by atoms with Crippen LogP contribution in [0, 0.1) is 5.92 Å². The fourth-order valence-electron chi connectivity index (χ4n) is 5.53. The highest BCUT2D eigenvalue weighted by Crippen LogP contribution is 2.30. The minimum atomic E-state index is -0.0675.